The molecular weight excluding hydrogens is 310 g/mol. The highest BCUT2D eigenvalue weighted by Crippen LogP contribution is 2.20. The molecule has 0 radical (unpaired) electrons. The summed E-state index contributed by atoms with van der Waals surface area (Å²) in [6.45, 7) is 4.88. The van der Waals surface area contributed by atoms with Crippen LogP contribution in [0.1, 0.15) is 32.3 Å². The Morgan fingerprint density at radius 3 is 2.61 bits per heavy atom. The lowest BCUT2D eigenvalue weighted by Gasteiger charge is -2.28. The van der Waals surface area contributed by atoms with Crippen LogP contribution in [-0.4, -0.2) is 35.3 Å². The molecule has 0 aliphatic carbocycles. The van der Waals surface area contributed by atoms with Crippen molar-refractivity contribution in [2.75, 3.05) is 6.54 Å². The highest BCUT2D eigenvalue weighted by Gasteiger charge is 2.36. The zero-order chi connectivity index (χ0) is 17.0. The molecule has 2 atom stereocenters. The molecule has 0 aromatic heterocycles. The molecule has 0 bridgehead atoms. The number of carbonyl (C=O) groups excluding carboxylic acids is 2. The van der Waals surface area contributed by atoms with Gasteiger partial charge in [-0.1, -0.05) is 26.0 Å². The van der Waals surface area contributed by atoms with Gasteiger partial charge in [-0.3, -0.25) is 9.59 Å². The van der Waals surface area contributed by atoms with Crippen molar-refractivity contribution in [3.8, 4) is 0 Å². The summed E-state index contributed by atoms with van der Waals surface area (Å²) in [5.74, 6) is -0.176. The van der Waals surface area contributed by atoms with E-state index >= 15 is 0 Å². The van der Waals surface area contributed by atoms with Crippen molar-refractivity contribution >= 4 is 24.4 Å². The standard InChI is InChI=1S/C17H25N3O2S/c1-11(2)15(18)17(22)20-9-3-4-14(20)16(21)19-10-12-5-7-13(23)8-6-12/h5-8,11,14-15,23H,3-4,9-10,18H2,1-2H3,(H,19,21)/t14-,15-/m0/s1. The Morgan fingerprint density at radius 1 is 1.35 bits per heavy atom. The molecule has 2 amide bonds. The molecule has 0 saturated carbocycles. The van der Waals surface area contributed by atoms with Crippen molar-refractivity contribution in [1.82, 2.24) is 10.2 Å². The summed E-state index contributed by atoms with van der Waals surface area (Å²) in [6, 6.07) is 6.67. The summed E-state index contributed by atoms with van der Waals surface area (Å²) in [5.41, 5.74) is 6.96. The molecule has 1 fully saturated rings. The molecule has 1 aromatic carbocycles. The average molecular weight is 335 g/mol. The molecule has 6 heteroatoms. The maximum atomic E-state index is 12.4. The van der Waals surface area contributed by atoms with Crippen molar-refractivity contribution in [2.24, 2.45) is 11.7 Å². The van der Waals surface area contributed by atoms with Crippen LogP contribution in [-0.2, 0) is 16.1 Å². The molecule has 1 aliphatic rings. The topological polar surface area (TPSA) is 75.4 Å². The van der Waals surface area contributed by atoms with E-state index < -0.39 is 12.1 Å². The highest BCUT2D eigenvalue weighted by atomic mass is 32.1. The van der Waals surface area contributed by atoms with Crippen LogP contribution < -0.4 is 11.1 Å². The minimum atomic E-state index is -0.550. The van der Waals surface area contributed by atoms with E-state index in [0.29, 0.717) is 19.5 Å². The van der Waals surface area contributed by atoms with Crippen LogP contribution in [0.15, 0.2) is 29.2 Å². The monoisotopic (exact) mass is 335 g/mol. The van der Waals surface area contributed by atoms with Gasteiger partial charge in [-0.15, -0.1) is 12.6 Å². The third kappa shape index (κ3) is 4.48. The second-order valence-electron chi connectivity index (χ2n) is 6.34. The Kier molecular flexibility index (Phi) is 6.07. The number of hydrogen-bond donors (Lipinski definition) is 3. The predicted molar refractivity (Wildman–Crippen MR) is 93.1 cm³/mol. The number of hydrogen-bond acceptors (Lipinski definition) is 4. The summed E-state index contributed by atoms with van der Waals surface area (Å²) in [5, 5.41) is 2.91. The van der Waals surface area contributed by atoms with Gasteiger partial charge in [-0.2, -0.15) is 0 Å². The van der Waals surface area contributed by atoms with Crippen LogP contribution in [0.2, 0.25) is 0 Å². The molecule has 1 heterocycles. The molecule has 23 heavy (non-hydrogen) atoms. The quantitative estimate of drug-likeness (QED) is 0.715. The van der Waals surface area contributed by atoms with Crippen molar-refractivity contribution in [1.29, 1.82) is 0 Å². The minimum Gasteiger partial charge on any atom is -0.350 e. The van der Waals surface area contributed by atoms with Gasteiger partial charge in [-0.05, 0) is 36.5 Å². The SMILES string of the molecule is CC(C)[C@H](N)C(=O)N1CCC[C@H]1C(=O)NCc1ccc(S)cc1. The van der Waals surface area contributed by atoms with Crippen LogP contribution in [0.5, 0.6) is 0 Å². The van der Waals surface area contributed by atoms with E-state index in [4.69, 9.17) is 5.73 Å². The average Bonchev–Trinajstić information content (AvgIpc) is 3.02. The Labute approximate surface area is 143 Å². The Bertz CT molecular complexity index is 559. The smallest absolute Gasteiger partial charge is 0.243 e. The second-order valence-corrected chi connectivity index (χ2v) is 6.86. The van der Waals surface area contributed by atoms with Crippen LogP contribution in [0, 0.1) is 5.92 Å². The molecular formula is C17H25N3O2S. The van der Waals surface area contributed by atoms with E-state index in [9.17, 15) is 9.59 Å². The van der Waals surface area contributed by atoms with Crippen LogP contribution in [0.3, 0.4) is 0 Å². The van der Waals surface area contributed by atoms with Gasteiger partial charge in [-0.25, -0.2) is 0 Å². The van der Waals surface area contributed by atoms with E-state index in [1.807, 2.05) is 38.1 Å². The van der Waals surface area contributed by atoms with E-state index in [-0.39, 0.29) is 17.7 Å². The fraction of sp³-hybridized carbons (Fsp3) is 0.529. The van der Waals surface area contributed by atoms with Gasteiger partial charge in [0, 0.05) is 18.0 Å². The van der Waals surface area contributed by atoms with Gasteiger partial charge in [0.05, 0.1) is 6.04 Å². The molecule has 126 valence electrons. The normalized spacial score (nSPS) is 19.0. The maximum Gasteiger partial charge on any atom is 0.243 e. The highest BCUT2D eigenvalue weighted by molar-refractivity contribution is 7.80. The third-order valence-electron chi connectivity index (χ3n) is 4.24. The van der Waals surface area contributed by atoms with Crippen molar-refractivity contribution in [3.63, 3.8) is 0 Å². The molecule has 0 spiro atoms. The number of likely N-dealkylation sites (tertiary alicyclic amines) is 1. The zero-order valence-corrected chi connectivity index (χ0v) is 14.6. The maximum absolute atomic E-state index is 12.4. The molecule has 1 saturated heterocycles. The van der Waals surface area contributed by atoms with Crippen LogP contribution in [0.4, 0.5) is 0 Å². The molecule has 3 N–H and O–H groups in total. The lowest BCUT2D eigenvalue weighted by molar-refractivity contribution is -0.140. The van der Waals surface area contributed by atoms with E-state index in [0.717, 1.165) is 16.9 Å². The lowest BCUT2D eigenvalue weighted by Crippen LogP contribution is -2.52. The number of thiol groups is 1. The fourth-order valence-corrected chi connectivity index (χ4v) is 2.85. The number of nitrogens with zero attached hydrogens (tertiary/aromatic N) is 1. The summed E-state index contributed by atoms with van der Waals surface area (Å²) < 4.78 is 0. The zero-order valence-electron chi connectivity index (χ0n) is 13.7. The summed E-state index contributed by atoms with van der Waals surface area (Å²) in [4.78, 5) is 27.4. The van der Waals surface area contributed by atoms with Gasteiger partial charge in [0.1, 0.15) is 6.04 Å². The van der Waals surface area contributed by atoms with Crippen molar-refractivity contribution in [3.05, 3.63) is 29.8 Å². The lowest BCUT2D eigenvalue weighted by atomic mass is 10.0. The van der Waals surface area contributed by atoms with Gasteiger partial charge in [0.25, 0.3) is 0 Å². The number of amides is 2. The second kappa shape index (κ2) is 7.84. The third-order valence-corrected chi connectivity index (χ3v) is 4.54. The van der Waals surface area contributed by atoms with Gasteiger partial charge >= 0.3 is 0 Å². The summed E-state index contributed by atoms with van der Waals surface area (Å²) in [6.07, 6.45) is 1.53. The summed E-state index contributed by atoms with van der Waals surface area (Å²) in [7, 11) is 0. The molecule has 1 aromatic rings. The van der Waals surface area contributed by atoms with Crippen LogP contribution >= 0.6 is 12.6 Å². The Morgan fingerprint density at radius 2 is 2.00 bits per heavy atom. The summed E-state index contributed by atoms with van der Waals surface area (Å²) >= 11 is 4.24. The fourth-order valence-electron chi connectivity index (χ4n) is 2.70. The number of nitrogens with one attached hydrogen (secondary N) is 1. The number of rotatable bonds is 5. The predicted octanol–water partition coefficient (Wildman–Crippen LogP) is 1.57. The van der Waals surface area contributed by atoms with E-state index in [1.54, 1.807) is 4.90 Å². The first kappa shape index (κ1) is 17.8. The van der Waals surface area contributed by atoms with Crippen molar-refractivity contribution in [2.45, 2.75) is 50.2 Å². The Hall–Kier alpha value is -1.53. The minimum absolute atomic E-state index is 0.0616. The van der Waals surface area contributed by atoms with E-state index in [1.165, 1.54) is 0 Å². The van der Waals surface area contributed by atoms with Crippen molar-refractivity contribution < 1.29 is 9.59 Å². The number of nitrogens with two attached hydrogens (primary N) is 1. The molecule has 5 nitrogen and oxygen atoms in total. The number of carbonyl (C=O) groups is 2. The first-order chi connectivity index (χ1) is 10.9. The Balaban J connectivity index is 1.95. The first-order valence-corrected chi connectivity index (χ1v) is 8.46. The molecule has 2 rings (SSSR count). The van der Waals surface area contributed by atoms with Crippen LogP contribution in [0.25, 0.3) is 0 Å². The molecule has 1 aliphatic heterocycles. The first-order valence-electron chi connectivity index (χ1n) is 8.02. The van der Waals surface area contributed by atoms with Gasteiger partial charge in [0.15, 0.2) is 0 Å². The molecule has 0 unspecified atom stereocenters. The van der Waals surface area contributed by atoms with E-state index in [2.05, 4.69) is 17.9 Å². The largest absolute Gasteiger partial charge is 0.350 e. The van der Waals surface area contributed by atoms with Gasteiger partial charge in [0.2, 0.25) is 11.8 Å². The number of benzene rings is 1. The van der Waals surface area contributed by atoms with Gasteiger partial charge < -0.3 is 16.0 Å².